The van der Waals surface area contributed by atoms with E-state index in [-0.39, 0.29) is 39.6 Å². The predicted molar refractivity (Wildman–Crippen MR) is 111 cm³/mol. The molecule has 0 saturated carbocycles. The fourth-order valence-electron chi connectivity index (χ4n) is 4.16. The number of carbonyl (C=O) groups excluding carboxylic acids is 1. The van der Waals surface area contributed by atoms with Crippen molar-refractivity contribution >= 4 is 38.7 Å². The summed E-state index contributed by atoms with van der Waals surface area (Å²) in [6.07, 6.45) is 1.32. The second-order valence-corrected chi connectivity index (χ2v) is 9.39. The van der Waals surface area contributed by atoms with Gasteiger partial charge in [0.1, 0.15) is 22.8 Å². The highest BCUT2D eigenvalue weighted by atomic mass is 79.9. The summed E-state index contributed by atoms with van der Waals surface area (Å²) in [7, 11) is 1.39. The molecule has 0 aliphatic carbocycles. The Hall–Kier alpha value is -2.23. The first kappa shape index (κ1) is 21.0. The largest absolute Gasteiger partial charge is 0.467 e. The molecule has 10 heteroatoms. The molecule has 1 amide bonds. The summed E-state index contributed by atoms with van der Waals surface area (Å²) in [5, 5.41) is 0.263. The normalized spacial score (nSPS) is 21.3. The molecule has 2 aliphatic heterocycles. The molecule has 30 heavy (non-hydrogen) atoms. The van der Waals surface area contributed by atoms with Crippen molar-refractivity contribution in [2.75, 3.05) is 25.1 Å². The number of hydrogen-bond acceptors (Lipinski definition) is 6. The lowest BCUT2D eigenvalue weighted by Gasteiger charge is -2.42. The molecule has 2 bridgehead atoms. The van der Waals surface area contributed by atoms with Gasteiger partial charge in [-0.1, -0.05) is 0 Å². The Morgan fingerprint density at radius 3 is 2.40 bits per heavy atom. The van der Waals surface area contributed by atoms with Crippen LogP contribution in [0, 0.1) is 11.6 Å². The third-order valence-corrected chi connectivity index (χ3v) is 6.08. The third-order valence-electron chi connectivity index (χ3n) is 5.35. The molecule has 4 rings (SSSR count). The molecule has 3 heterocycles. The van der Waals surface area contributed by atoms with Gasteiger partial charge in [0.15, 0.2) is 5.82 Å². The Labute approximate surface area is 181 Å². The Kier molecular flexibility index (Phi) is 5.24. The van der Waals surface area contributed by atoms with Gasteiger partial charge in [0, 0.05) is 18.5 Å². The van der Waals surface area contributed by atoms with Gasteiger partial charge in [-0.25, -0.2) is 13.6 Å². The number of piperazine rings is 1. The molecule has 2 aliphatic rings. The Bertz CT molecular complexity index is 1000. The molecule has 2 fully saturated rings. The number of rotatable bonds is 2. The maximum absolute atomic E-state index is 14.7. The number of halogens is 3. The maximum atomic E-state index is 14.7. The van der Waals surface area contributed by atoms with E-state index < -0.39 is 17.2 Å². The first-order chi connectivity index (χ1) is 14.1. The van der Waals surface area contributed by atoms with Gasteiger partial charge in [0.05, 0.1) is 23.7 Å². The summed E-state index contributed by atoms with van der Waals surface area (Å²) in [5.41, 5.74) is -0.598. The van der Waals surface area contributed by atoms with Crippen LogP contribution in [0.4, 0.5) is 19.4 Å². The van der Waals surface area contributed by atoms with E-state index in [9.17, 15) is 13.6 Å². The Morgan fingerprint density at radius 1 is 1.20 bits per heavy atom. The fourth-order valence-corrected chi connectivity index (χ4v) is 4.46. The number of aromatic nitrogens is 2. The van der Waals surface area contributed by atoms with E-state index in [0.29, 0.717) is 18.9 Å². The minimum atomic E-state index is -0.803. The number of hydrogen-bond donors (Lipinski definition) is 0. The van der Waals surface area contributed by atoms with E-state index in [0.717, 1.165) is 12.8 Å². The molecule has 1 aromatic heterocycles. The fraction of sp³-hybridized carbons (Fsp3) is 0.550. The van der Waals surface area contributed by atoms with Crippen molar-refractivity contribution in [3.8, 4) is 6.01 Å². The number of ether oxygens (including phenoxy) is 2. The first-order valence-electron chi connectivity index (χ1n) is 9.74. The van der Waals surface area contributed by atoms with Crippen LogP contribution in [0.3, 0.4) is 0 Å². The molecular weight excluding hydrogens is 462 g/mol. The summed E-state index contributed by atoms with van der Waals surface area (Å²) in [4.78, 5) is 24.9. The number of amides is 1. The predicted octanol–water partition coefficient (Wildman–Crippen LogP) is 4.27. The van der Waals surface area contributed by atoms with E-state index in [1.807, 2.05) is 25.7 Å². The second-order valence-electron chi connectivity index (χ2n) is 8.59. The summed E-state index contributed by atoms with van der Waals surface area (Å²) in [6, 6.07) is 1.08. The zero-order valence-corrected chi connectivity index (χ0v) is 18.8. The molecule has 1 aromatic carbocycles. The number of anilines is 1. The standard InChI is InChI=1S/C20H23BrF2N4O3/c1-20(2,3)30-19(28)27-10-5-6-11(27)9-26(8-10)17-12-7-13(22)14(21)15(23)16(12)24-18(25-17)29-4/h7,10-11H,5-6,8-9H2,1-4H3. The van der Waals surface area contributed by atoms with Crippen molar-refractivity contribution in [1.82, 2.24) is 14.9 Å². The number of nitrogens with zero attached hydrogens (tertiary/aromatic N) is 4. The molecule has 2 aromatic rings. The van der Waals surface area contributed by atoms with E-state index in [1.54, 1.807) is 4.90 Å². The van der Waals surface area contributed by atoms with Gasteiger partial charge in [-0.2, -0.15) is 9.97 Å². The molecular formula is C20H23BrF2N4O3. The minimum absolute atomic E-state index is 0.00294. The quantitative estimate of drug-likeness (QED) is 0.593. The topological polar surface area (TPSA) is 67.8 Å². The van der Waals surface area contributed by atoms with Gasteiger partial charge >= 0.3 is 12.1 Å². The van der Waals surface area contributed by atoms with Crippen LogP contribution in [0.5, 0.6) is 6.01 Å². The summed E-state index contributed by atoms with van der Waals surface area (Å²) in [6.45, 7) is 6.46. The van der Waals surface area contributed by atoms with Crippen LogP contribution >= 0.6 is 15.9 Å². The van der Waals surface area contributed by atoms with Crippen molar-refractivity contribution in [2.45, 2.75) is 51.3 Å². The SMILES string of the molecule is COc1nc(N2CC3CCC(C2)N3C(=O)OC(C)(C)C)c2cc(F)c(Br)c(F)c2n1. The number of carbonyl (C=O) groups is 1. The highest BCUT2D eigenvalue weighted by molar-refractivity contribution is 9.10. The van der Waals surface area contributed by atoms with Gasteiger partial charge in [0.2, 0.25) is 0 Å². The summed E-state index contributed by atoms with van der Waals surface area (Å²) < 4.78 is 39.4. The van der Waals surface area contributed by atoms with Gasteiger partial charge in [-0.3, -0.25) is 4.90 Å². The van der Waals surface area contributed by atoms with Crippen LogP contribution < -0.4 is 9.64 Å². The molecule has 2 atom stereocenters. The van der Waals surface area contributed by atoms with Gasteiger partial charge < -0.3 is 14.4 Å². The zero-order chi connectivity index (χ0) is 21.8. The monoisotopic (exact) mass is 484 g/mol. The van der Waals surface area contributed by atoms with Crippen LogP contribution in [-0.2, 0) is 4.74 Å². The molecule has 162 valence electrons. The number of methoxy groups -OCH3 is 1. The molecule has 0 radical (unpaired) electrons. The lowest BCUT2D eigenvalue weighted by Crippen LogP contribution is -2.57. The van der Waals surface area contributed by atoms with Crippen molar-refractivity contribution in [3.63, 3.8) is 0 Å². The van der Waals surface area contributed by atoms with Gasteiger partial charge in [-0.05, 0) is 55.6 Å². The lowest BCUT2D eigenvalue weighted by atomic mass is 10.1. The highest BCUT2D eigenvalue weighted by Gasteiger charge is 2.45. The van der Waals surface area contributed by atoms with E-state index in [1.165, 1.54) is 13.2 Å². The van der Waals surface area contributed by atoms with E-state index in [4.69, 9.17) is 9.47 Å². The van der Waals surface area contributed by atoms with Crippen molar-refractivity contribution < 1.29 is 23.0 Å². The van der Waals surface area contributed by atoms with Crippen molar-refractivity contribution in [2.24, 2.45) is 0 Å². The molecule has 7 nitrogen and oxygen atoms in total. The first-order valence-corrected chi connectivity index (χ1v) is 10.5. The van der Waals surface area contributed by atoms with E-state index >= 15 is 0 Å². The summed E-state index contributed by atoms with van der Waals surface area (Å²) >= 11 is 2.92. The van der Waals surface area contributed by atoms with Crippen LogP contribution in [0.1, 0.15) is 33.6 Å². The minimum Gasteiger partial charge on any atom is -0.467 e. The van der Waals surface area contributed by atoms with Crippen molar-refractivity contribution in [1.29, 1.82) is 0 Å². The number of fused-ring (bicyclic) bond motifs is 3. The van der Waals surface area contributed by atoms with Crippen LogP contribution in [-0.4, -0.2) is 58.8 Å². The second kappa shape index (κ2) is 7.47. The van der Waals surface area contributed by atoms with Crippen LogP contribution in [0.2, 0.25) is 0 Å². The van der Waals surface area contributed by atoms with Crippen molar-refractivity contribution in [3.05, 3.63) is 22.2 Å². The number of benzene rings is 1. The van der Waals surface area contributed by atoms with Gasteiger partial charge in [0.25, 0.3) is 0 Å². The highest BCUT2D eigenvalue weighted by Crippen LogP contribution is 2.38. The average molecular weight is 485 g/mol. The molecule has 0 spiro atoms. The average Bonchev–Trinajstić information content (AvgIpc) is 2.94. The third kappa shape index (κ3) is 3.66. The summed E-state index contributed by atoms with van der Waals surface area (Å²) in [5.74, 6) is -1.14. The Balaban J connectivity index is 1.70. The van der Waals surface area contributed by atoms with Crippen LogP contribution in [0.15, 0.2) is 10.5 Å². The lowest BCUT2D eigenvalue weighted by molar-refractivity contribution is 0.0123. The molecule has 2 unspecified atom stereocenters. The zero-order valence-electron chi connectivity index (χ0n) is 17.2. The Morgan fingerprint density at radius 2 is 1.83 bits per heavy atom. The molecule has 0 N–H and O–H groups in total. The molecule has 2 saturated heterocycles. The van der Waals surface area contributed by atoms with Gasteiger partial charge in [-0.15, -0.1) is 0 Å². The maximum Gasteiger partial charge on any atom is 0.410 e. The van der Waals surface area contributed by atoms with E-state index in [2.05, 4.69) is 25.9 Å². The smallest absolute Gasteiger partial charge is 0.410 e. The van der Waals surface area contributed by atoms with Crippen LogP contribution in [0.25, 0.3) is 10.9 Å².